The van der Waals surface area contributed by atoms with Gasteiger partial charge in [0, 0.05) is 0 Å². The van der Waals surface area contributed by atoms with Crippen molar-refractivity contribution in [2.75, 3.05) is 0 Å². The Balaban J connectivity index is 0.980. The molecule has 0 aliphatic heterocycles. The number of fused-ring (bicyclic) bond motifs is 3. The third-order valence-corrected chi connectivity index (χ3v) is 15.1. The van der Waals surface area contributed by atoms with Crippen LogP contribution in [-0.4, -0.2) is 0 Å². The van der Waals surface area contributed by atoms with Gasteiger partial charge in [-0.3, -0.25) is 0 Å². The van der Waals surface area contributed by atoms with Crippen LogP contribution in [0.25, 0.3) is 100 Å². The predicted molar refractivity (Wildman–Crippen MR) is 307 cm³/mol. The van der Waals surface area contributed by atoms with Crippen molar-refractivity contribution in [2.24, 2.45) is 0 Å². The fourth-order valence-electron chi connectivity index (χ4n) is 11.2. The molecule has 0 saturated heterocycles. The standard InChI is InChI=1S/C73H50/c1-5-13-51(14-6-1)55-21-25-59(26-22-55)61-37-43-67(44-38-61)73(68-45-39-62(40-46-68)60-27-23-56(24-28-60)52-15-7-2-8-16-52)71-49-65(63-33-29-57(30-34-63)53-17-9-3-10-18-53)41-47-69(71)70-48-42-66(50-72(70)73)64-35-31-58(32-36-64)54-19-11-4-12-20-54/h1-50H. The average molecular weight is 927 g/mol. The van der Waals surface area contributed by atoms with Crippen LogP contribution in [0, 0.1) is 0 Å². The third kappa shape index (κ3) is 8.10. The molecule has 0 radical (unpaired) electrons. The normalized spacial score (nSPS) is 12.2. The van der Waals surface area contributed by atoms with E-state index in [1.807, 2.05) is 0 Å². The van der Waals surface area contributed by atoms with Crippen molar-refractivity contribution in [3.8, 4) is 100 Å². The third-order valence-electron chi connectivity index (χ3n) is 15.1. The van der Waals surface area contributed by atoms with Gasteiger partial charge in [-0.2, -0.15) is 0 Å². The average Bonchev–Trinajstić information content (AvgIpc) is 3.78. The predicted octanol–water partition coefficient (Wildman–Crippen LogP) is 19.4. The number of hydrogen-bond donors (Lipinski definition) is 0. The maximum Gasteiger partial charge on any atom is 0.0714 e. The molecule has 0 atom stereocenters. The molecule has 0 fully saturated rings. The molecule has 342 valence electrons. The molecule has 0 spiro atoms. The highest BCUT2D eigenvalue weighted by Crippen LogP contribution is 2.58. The monoisotopic (exact) mass is 926 g/mol. The molecule has 0 amide bonds. The first-order valence-corrected chi connectivity index (χ1v) is 25.3. The zero-order valence-corrected chi connectivity index (χ0v) is 40.4. The van der Waals surface area contributed by atoms with Gasteiger partial charge in [0.25, 0.3) is 0 Å². The van der Waals surface area contributed by atoms with Crippen LogP contribution in [0.4, 0.5) is 0 Å². The molecule has 13 rings (SSSR count). The number of benzene rings is 12. The van der Waals surface area contributed by atoms with Gasteiger partial charge in [0.05, 0.1) is 5.41 Å². The lowest BCUT2D eigenvalue weighted by Gasteiger charge is -2.34. The first-order valence-electron chi connectivity index (χ1n) is 25.3. The van der Waals surface area contributed by atoms with E-state index >= 15 is 0 Å². The molecule has 0 bridgehead atoms. The van der Waals surface area contributed by atoms with Crippen molar-refractivity contribution in [2.45, 2.75) is 5.41 Å². The van der Waals surface area contributed by atoms with Crippen molar-refractivity contribution >= 4 is 0 Å². The Morgan fingerprint density at radius 2 is 0.329 bits per heavy atom. The van der Waals surface area contributed by atoms with E-state index in [4.69, 9.17) is 0 Å². The smallest absolute Gasteiger partial charge is 0.0622 e. The summed E-state index contributed by atoms with van der Waals surface area (Å²) in [5.74, 6) is 0. The van der Waals surface area contributed by atoms with Gasteiger partial charge >= 0.3 is 0 Å². The number of rotatable bonds is 10. The molecule has 12 aromatic rings. The highest BCUT2D eigenvalue weighted by Gasteiger charge is 2.46. The second-order valence-corrected chi connectivity index (χ2v) is 19.2. The van der Waals surface area contributed by atoms with Gasteiger partial charge in [-0.25, -0.2) is 0 Å². The minimum Gasteiger partial charge on any atom is -0.0622 e. The summed E-state index contributed by atoms with van der Waals surface area (Å²) in [4.78, 5) is 0. The van der Waals surface area contributed by atoms with E-state index in [0.29, 0.717) is 0 Å². The van der Waals surface area contributed by atoms with Gasteiger partial charge in [0.15, 0.2) is 0 Å². The van der Waals surface area contributed by atoms with Crippen LogP contribution in [-0.2, 0) is 5.41 Å². The molecule has 0 nitrogen and oxygen atoms in total. The first-order chi connectivity index (χ1) is 36.2. The van der Waals surface area contributed by atoms with Crippen LogP contribution in [0.5, 0.6) is 0 Å². The van der Waals surface area contributed by atoms with Crippen molar-refractivity contribution in [1.82, 2.24) is 0 Å². The van der Waals surface area contributed by atoms with Crippen LogP contribution in [0.3, 0.4) is 0 Å². The van der Waals surface area contributed by atoms with Crippen molar-refractivity contribution in [3.05, 3.63) is 326 Å². The molecule has 73 heavy (non-hydrogen) atoms. The summed E-state index contributed by atoms with van der Waals surface area (Å²) in [6, 6.07) is 112. The Kier molecular flexibility index (Phi) is 11.2. The molecular formula is C73H50. The lowest BCUT2D eigenvalue weighted by Crippen LogP contribution is -2.28. The van der Waals surface area contributed by atoms with Gasteiger partial charge in [-0.15, -0.1) is 0 Å². The van der Waals surface area contributed by atoms with Crippen LogP contribution in [0.2, 0.25) is 0 Å². The Hall–Kier alpha value is -9.36. The zero-order chi connectivity index (χ0) is 48.6. The topological polar surface area (TPSA) is 0 Å². The van der Waals surface area contributed by atoms with Crippen molar-refractivity contribution < 1.29 is 0 Å². The van der Waals surface area contributed by atoms with E-state index in [2.05, 4.69) is 303 Å². The molecule has 0 aromatic heterocycles. The summed E-state index contributed by atoms with van der Waals surface area (Å²) in [6.45, 7) is 0. The fourth-order valence-corrected chi connectivity index (χ4v) is 11.2. The second-order valence-electron chi connectivity index (χ2n) is 19.2. The van der Waals surface area contributed by atoms with Gasteiger partial charge in [-0.1, -0.05) is 291 Å². The quantitative estimate of drug-likeness (QED) is 0.128. The van der Waals surface area contributed by atoms with Crippen LogP contribution < -0.4 is 0 Å². The highest BCUT2D eigenvalue weighted by molar-refractivity contribution is 5.91. The van der Waals surface area contributed by atoms with Gasteiger partial charge in [0.1, 0.15) is 0 Å². The first kappa shape index (κ1) is 43.6. The Bertz CT molecular complexity index is 3580. The van der Waals surface area contributed by atoms with Crippen LogP contribution in [0.1, 0.15) is 22.3 Å². The molecule has 0 N–H and O–H groups in total. The molecule has 0 heterocycles. The van der Waals surface area contributed by atoms with Gasteiger partial charge in [0.2, 0.25) is 0 Å². The Morgan fingerprint density at radius 3 is 0.562 bits per heavy atom. The fraction of sp³-hybridized carbons (Fsp3) is 0.0137. The van der Waals surface area contributed by atoms with E-state index in [1.165, 1.54) is 122 Å². The SMILES string of the molecule is c1ccc(-c2ccc(-c3ccc(C4(c5ccc(-c6ccc(-c7ccccc7)cc6)cc5)c5cc(-c6ccc(-c7ccccc7)cc6)ccc5-c5ccc(-c6ccc(-c7ccccc7)cc6)cc54)cc3)cc2)cc1. The molecule has 1 aliphatic rings. The van der Waals surface area contributed by atoms with Crippen molar-refractivity contribution in [3.63, 3.8) is 0 Å². The van der Waals surface area contributed by atoms with E-state index < -0.39 is 5.41 Å². The lowest BCUT2D eigenvalue weighted by molar-refractivity contribution is 0.769. The molecule has 1 aliphatic carbocycles. The largest absolute Gasteiger partial charge is 0.0714 e. The van der Waals surface area contributed by atoms with Crippen LogP contribution >= 0.6 is 0 Å². The summed E-state index contributed by atoms with van der Waals surface area (Å²) >= 11 is 0. The molecule has 0 saturated carbocycles. The highest BCUT2D eigenvalue weighted by atomic mass is 14.5. The Labute approximate surface area is 428 Å². The summed E-state index contributed by atoms with van der Waals surface area (Å²) < 4.78 is 0. The zero-order valence-electron chi connectivity index (χ0n) is 40.4. The second kappa shape index (κ2) is 18.8. The van der Waals surface area contributed by atoms with Crippen molar-refractivity contribution in [1.29, 1.82) is 0 Å². The molecular weight excluding hydrogens is 877 g/mol. The molecule has 0 unspecified atom stereocenters. The minimum atomic E-state index is -0.657. The number of hydrogen-bond acceptors (Lipinski definition) is 0. The van der Waals surface area contributed by atoms with Gasteiger partial charge in [-0.05, 0) is 135 Å². The van der Waals surface area contributed by atoms with E-state index in [1.54, 1.807) is 0 Å². The van der Waals surface area contributed by atoms with Crippen LogP contribution in [0.15, 0.2) is 303 Å². The van der Waals surface area contributed by atoms with E-state index in [0.717, 1.165) is 0 Å². The maximum absolute atomic E-state index is 2.48. The summed E-state index contributed by atoms with van der Waals surface area (Å²) in [6.07, 6.45) is 0. The maximum atomic E-state index is 2.48. The summed E-state index contributed by atoms with van der Waals surface area (Å²) in [5.41, 5.74) is 26.1. The molecule has 0 heteroatoms. The van der Waals surface area contributed by atoms with E-state index in [9.17, 15) is 0 Å². The lowest BCUT2D eigenvalue weighted by atomic mass is 9.67. The van der Waals surface area contributed by atoms with Gasteiger partial charge < -0.3 is 0 Å². The summed E-state index contributed by atoms with van der Waals surface area (Å²) in [7, 11) is 0. The Morgan fingerprint density at radius 1 is 0.151 bits per heavy atom. The van der Waals surface area contributed by atoms with E-state index in [-0.39, 0.29) is 0 Å². The molecule has 12 aromatic carbocycles. The minimum absolute atomic E-state index is 0.657. The summed E-state index contributed by atoms with van der Waals surface area (Å²) in [5, 5.41) is 0.